The third kappa shape index (κ3) is 3.84. The first-order chi connectivity index (χ1) is 9.11. The number of hydrogen-bond donors (Lipinski definition) is 1. The molecule has 0 aliphatic heterocycles. The summed E-state index contributed by atoms with van der Waals surface area (Å²) >= 11 is 0. The number of halogens is 3. The van der Waals surface area contributed by atoms with Crippen LogP contribution in [0.2, 0.25) is 0 Å². The van der Waals surface area contributed by atoms with E-state index in [-0.39, 0.29) is 20.5 Å². The van der Waals surface area contributed by atoms with E-state index >= 15 is 0 Å². The van der Waals surface area contributed by atoms with E-state index in [2.05, 4.69) is 0 Å². The summed E-state index contributed by atoms with van der Waals surface area (Å²) in [6.45, 7) is -2.08. The number of hydrogen-bond acceptors (Lipinski definition) is 4. The average molecular weight is 313 g/mol. The monoisotopic (exact) mass is 313 g/mol. The molecule has 0 saturated carbocycles. The molecule has 0 unspecified atom stereocenters. The van der Waals surface area contributed by atoms with Gasteiger partial charge in [0.2, 0.25) is 10.0 Å². The van der Waals surface area contributed by atoms with Gasteiger partial charge in [-0.15, -0.1) is 0 Å². The Bertz CT molecular complexity index is 572. The van der Waals surface area contributed by atoms with Gasteiger partial charge in [0.15, 0.2) is 0 Å². The minimum atomic E-state index is -4.63. The second-order valence-corrected chi connectivity index (χ2v) is 6.05. The standard InChI is InChI=1S/C11H14F3NO4S/c1-15(7-11(12,13)14)20(17,18)9-3-4-10(19-2)8(5-9)6-16/h3-5,16H,6-7H2,1-2H3. The van der Waals surface area contributed by atoms with Crippen LogP contribution in [0.3, 0.4) is 0 Å². The molecule has 0 spiro atoms. The molecule has 0 saturated heterocycles. The van der Waals surface area contributed by atoms with Crippen molar-refractivity contribution >= 4 is 10.0 Å². The number of methoxy groups -OCH3 is 1. The second kappa shape index (κ2) is 5.98. The lowest BCUT2D eigenvalue weighted by molar-refractivity contribution is -0.134. The molecule has 0 aliphatic rings. The number of sulfonamides is 1. The Morgan fingerprint density at radius 2 is 1.95 bits per heavy atom. The summed E-state index contributed by atoms with van der Waals surface area (Å²) in [7, 11) is -2.11. The maximum atomic E-state index is 12.3. The largest absolute Gasteiger partial charge is 0.496 e. The van der Waals surface area contributed by atoms with Crippen molar-refractivity contribution in [2.75, 3.05) is 20.7 Å². The Morgan fingerprint density at radius 1 is 1.35 bits per heavy atom. The van der Waals surface area contributed by atoms with Crippen molar-refractivity contribution in [3.05, 3.63) is 23.8 Å². The maximum absolute atomic E-state index is 12.3. The van der Waals surface area contributed by atoms with Crippen molar-refractivity contribution in [1.82, 2.24) is 4.31 Å². The Balaban J connectivity index is 3.16. The fourth-order valence-electron chi connectivity index (χ4n) is 1.56. The predicted octanol–water partition coefficient (Wildman–Crippen LogP) is 1.37. The van der Waals surface area contributed by atoms with E-state index in [1.54, 1.807) is 0 Å². The SMILES string of the molecule is COc1ccc(S(=O)(=O)N(C)CC(F)(F)F)cc1CO. The molecule has 0 bridgehead atoms. The molecule has 0 aliphatic carbocycles. The third-order valence-electron chi connectivity index (χ3n) is 2.53. The molecular formula is C11H14F3NO4S. The highest BCUT2D eigenvalue weighted by molar-refractivity contribution is 7.89. The Hall–Kier alpha value is -1.32. The first-order valence-electron chi connectivity index (χ1n) is 5.42. The summed E-state index contributed by atoms with van der Waals surface area (Å²) in [5, 5.41) is 9.10. The van der Waals surface area contributed by atoms with Crippen LogP contribution in [-0.2, 0) is 16.6 Å². The predicted molar refractivity (Wildman–Crippen MR) is 64.8 cm³/mol. The van der Waals surface area contributed by atoms with Crippen molar-refractivity contribution < 1.29 is 31.4 Å². The van der Waals surface area contributed by atoms with Gasteiger partial charge in [0.25, 0.3) is 0 Å². The van der Waals surface area contributed by atoms with E-state index < -0.39 is 29.4 Å². The molecule has 0 atom stereocenters. The summed E-state index contributed by atoms with van der Waals surface area (Å²) < 4.78 is 65.8. The molecule has 1 aromatic rings. The van der Waals surface area contributed by atoms with Gasteiger partial charge in [0.05, 0.1) is 18.6 Å². The lowest BCUT2D eigenvalue weighted by Gasteiger charge is -2.19. The number of rotatable bonds is 5. The lowest BCUT2D eigenvalue weighted by atomic mass is 10.2. The van der Waals surface area contributed by atoms with Crippen LogP contribution in [0.25, 0.3) is 0 Å². The number of aliphatic hydroxyl groups excluding tert-OH is 1. The second-order valence-electron chi connectivity index (χ2n) is 4.01. The number of aliphatic hydroxyl groups is 1. The van der Waals surface area contributed by atoms with E-state index in [1.165, 1.54) is 13.2 Å². The molecule has 0 fully saturated rings. The fourth-order valence-corrected chi connectivity index (χ4v) is 2.76. The summed E-state index contributed by atoms with van der Waals surface area (Å²) in [5.41, 5.74) is 0.175. The molecule has 9 heteroatoms. The summed E-state index contributed by atoms with van der Waals surface area (Å²) in [5.74, 6) is 0.255. The van der Waals surface area contributed by atoms with Crippen molar-refractivity contribution in [2.24, 2.45) is 0 Å². The van der Waals surface area contributed by atoms with Crippen LogP contribution < -0.4 is 4.74 Å². The van der Waals surface area contributed by atoms with Crippen molar-refractivity contribution in [3.63, 3.8) is 0 Å². The van der Waals surface area contributed by atoms with E-state index in [0.717, 1.165) is 19.2 Å². The van der Waals surface area contributed by atoms with Gasteiger partial charge in [-0.25, -0.2) is 8.42 Å². The van der Waals surface area contributed by atoms with Gasteiger partial charge in [-0.2, -0.15) is 17.5 Å². The minimum absolute atomic E-state index is 0.175. The fraction of sp³-hybridized carbons (Fsp3) is 0.455. The van der Waals surface area contributed by atoms with Crippen LogP contribution in [0, 0.1) is 0 Å². The first kappa shape index (κ1) is 16.7. The highest BCUT2D eigenvalue weighted by atomic mass is 32.2. The van der Waals surface area contributed by atoms with Crippen LogP contribution in [0.4, 0.5) is 13.2 Å². The normalized spacial score (nSPS) is 12.8. The zero-order valence-corrected chi connectivity index (χ0v) is 11.6. The van der Waals surface area contributed by atoms with E-state index in [1.807, 2.05) is 0 Å². The van der Waals surface area contributed by atoms with Gasteiger partial charge >= 0.3 is 6.18 Å². The minimum Gasteiger partial charge on any atom is -0.496 e. The van der Waals surface area contributed by atoms with Crippen LogP contribution in [0.5, 0.6) is 5.75 Å². The molecule has 0 amide bonds. The quantitative estimate of drug-likeness (QED) is 0.891. The Kier molecular flexibility index (Phi) is 5.00. The molecule has 0 aromatic heterocycles. The molecule has 0 radical (unpaired) electrons. The topological polar surface area (TPSA) is 66.8 Å². The zero-order valence-electron chi connectivity index (χ0n) is 10.8. The first-order valence-corrected chi connectivity index (χ1v) is 6.86. The maximum Gasteiger partial charge on any atom is 0.402 e. The molecule has 20 heavy (non-hydrogen) atoms. The van der Waals surface area contributed by atoms with Crippen LogP contribution >= 0.6 is 0 Å². The van der Waals surface area contributed by atoms with Crippen LogP contribution in [0.1, 0.15) is 5.56 Å². The van der Waals surface area contributed by atoms with Crippen LogP contribution in [0.15, 0.2) is 23.1 Å². The molecule has 5 nitrogen and oxygen atoms in total. The highest BCUT2D eigenvalue weighted by Crippen LogP contribution is 2.26. The molecule has 114 valence electrons. The number of nitrogens with zero attached hydrogens (tertiary/aromatic N) is 1. The van der Waals surface area contributed by atoms with Gasteiger partial charge in [0, 0.05) is 12.6 Å². The average Bonchev–Trinajstić information content (AvgIpc) is 2.35. The van der Waals surface area contributed by atoms with Crippen molar-refractivity contribution in [2.45, 2.75) is 17.7 Å². The van der Waals surface area contributed by atoms with Crippen molar-refractivity contribution in [1.29, 1.82) is 0 Å². The zero-order chi connectivity index (χ0) is 15.6. The van der Waals surface area contributed by atoms with Crippen LogP contribution in [-0.4, -0.2) is 44.7 Å². The van der Waals surface area contributed by atoms with Gasteiger partial charge in [-0.3, -0.25) is 0 Å². The molecule has 1 N–H and O–H groups in total. The third-order valence-corrected chi connectivity index (χ3v) is 4.33. The molecule has 1 aromatic carbocycles. The number of alkyl halides is 3. The number of benzene rings is 1. The van der Waals surface area contributed by atoms with Gasteiger partial charge in [-0.1, -0.05) is 0 Å². The summed E-state index contributed by atoms with van der Waals surface area (Å²) in [6, 6.07) is 3.49. The Labute approximate surface area is 114 Å². The number of ether oxygens (including phenoxy) is 1. The van der Waals surface area contributed by atoms with Gasteiger partial charge in [-0.05, 0) is 18.2 Å². The lowest BCUT2D eigenvalue weighted by Crippen LogP contribution is -2.35. The smallest absolute Gasteiger partial charge is 0.402 e. The van der Waals surface area contributed by atoms with E-state index in [9.17, 15) is 21.6 Å². The Morgan fingerprint density at radius 3 is 2.40 bits per heavy atom. The van der Waals surface area contributed by atoms with Crippen molar-refractivity contribution in [3.8, 4) is 5.75 Å². The van der Waals surface area contributed by atoms with E-state index in [0.29, 0.717) is 0 Å². The van der Waals surface area contributed by atoms with E-state index in [4.69, 9.17) is 9.84 Å². The highest BCUT2D eigenvalue weighted by Gasteiger charge is 2.35. The molecule has 1 rings (SSSR count). The van der Waals surface area contributed by atoms with Gasteiger partial charge < -0.3 is 9.84 Å². The summed E-state index contributed by atoms with van der Waals surface area (Å²) in [6.07, 6.45) is -4.63. The molecular weight excluding hydrogens is 299 g/mol. The molecule has 0 heterocycles. The van der Waals surface area contributed by atoms with Gasteiger partial charge in [0.1, 0.15) is 12.3 Å². The summed E-state index contributed by atoms with van der Waals surface area (Å²) in [4.78, 5) is -0.339.